The van der Waals surface area contributed by atoms with Gasteiger partial charge in [0.2, 0.25) is 0 Å². The summed E-state index contributed by atoms with van der Waals surface area (Å²) in [6, 6.07) is 5.39. The predicted octanol–water partition coefficient (Wildman–Crippen LogP) is 3.83. The number of hydrogen-bond acceptors (Lipinski definition) is 3. The van der Waals surface area contributed by atoms with Crippen LogP contribution in [0.3, 0.4) is 0 Å². The first-order valence-corrected chi connectivity index (χ1v) is 8.72. The van der Waals surface area contributed by atoms with Crippen molar-refractivity contribution in [2.75, 3.05) is 20.8 Å². The highest BCUT2D eigenvalue weighted by atomic mass is 28.3. The monoisotopic (exact) mass is 336 g/mol. The first kappa shape index (κ1) is 19.2. The van der Waals surface area contributed by atoms with Gasteiger partial charge in [0.25, 0.3) is 0 Å². The molecule has 7 heteroatoms. The predicted molar refractivity (Wildman–Crippen MR) is 80.7 cm³/mol. The summed E-state index contributed by atoms with van der Waals surface area (Å²) >= 11 is 0. The summed E-state index contributed by atoms with van der Waals surface area (Å²) in [5, 5.41) is 0. The van der Waals surface area contributed by atoms with Crippen molar-refractivity contribution in [3.8, 4) is 0 Å². The fourth-order valence-corrected chi connectivity index (χ4v) is 2.88. The van der Waals surface area contributed by atoms with Gasteiger partial charge in [0.1, 0.15) is 0 Å². The highest BCUT2D eigenvalue weighted by Crippen LogP contribution is 2.29. The van der Waals surface area contributed by atoms with Crippen LogP contribution >= 0.6 is 0 Å². The SMILES string of the molecule is CO[SiH](OC)OCCCCCCc1ccc(C(F)(F)F)cc1. The van der Waals surface area contributed by atoms with Gasteiger partial charge in [-0.1, -0.05) is 25.0 Å². The van der Waals surface area contributed by atoms with Crippen LogP contribution in [-0.2, 0) is 25.9 Å². The van der Waals surface area contributed by atoms with Gasteiger partial charge in [-0.3, -0.25) is 0 Å². The van der Waals surface area contributed by atoms with E-state index in [0.29, 0.717) is 6.61 Å². The summed E-state index contributed by atoms with van der Waals surface area (Å²) in [5.74, 6) is 0. The second-order valence-electron chi connectivity index (χ2n) is 4.99. The molecule has 126 valence electrons. The summed E-state index contributed by atoms with van der Waals surface area (Å²) in [6.07, 6.45) is 0.479. The fraction of sp³-hybridized carbons (Fsp3) is 0.600. The third kappa shape index (κ3) is 7.39. The zero-order valence-corrected chi connectivity index (χ0v) is 14.1. The summed E-state index contributed by atoms with van der Waals surface area (Å²) in [6.45, 7) is 0.624. The number of unbranched alkanes of at least 4 members (excludes halogenated alkanes) is 3. The molecule has 3 nitrogen and oxygen atoms in total. The second-order valence-corrected chi connectivity index (χ2v) is 6.84. The fourth-order valence-electron chi connectivity index (χ4n) is 2.06. The number of rotatable bonds is 10. The van der Waals surface area contributed by atoms with Crippen LogP contribution in [0.1, 0.15) is 36.8 Å². The summed E-state index contributed by atoms with van der Waals surface area (Å²) < 4.78 is 52.8. The molecular formula is C15H23F3O3Si. The maximum absolute atomic E-state index is 12.4. The van der Waals surface area contributed by atoms with Gasteiger partial charge in [-0.15, -0.1) is 0 Å². The van der Waals surface area contributed by atoms with Crippen LogP contribution in [0.25, 0.3) is 0 Å². The van der Waals surface area contributed by atoms with Gasteiger partial charge in [0, 0.05) is 20.8 Å². The molecule has 0 aromatic heterocycles. The van der Waals surface area contributed by atoms with E-state index < -0.39 is 21.3 Å². The van der Waals surface area contributed by atoms with E-state index in [1.54, 1.807) is 26.4 Å². The molecule has 0 heterocycles. The van der Waals surface area contributed by atoms with Crippen molar-refractivity contribution in [2.45, 2.75) is 38.3 Å². The number of aryl methyl sites for hydroxylation is 1. The van der Waals surface area contributed by atoms with E-state index in [1.807, 2.05) is 0 Å². The lowest BCUT2D eigenvalue weighted by molar-refractivity contribution is -0.137. The van der Waals surface area contributed by atoms with Gasteiger partial charge in [-0.25, -0.2) is 0 Å². The summed E-state index contributed by atoms with van der Waals surface area (Å²) in [5.41, 5.74) is 0.346. The van der Waals surface area contributed by atoms with E-state index in [4.69, 9.17) is 13.3 Å². The first-order valence-electron chi connectivity index (χ1n) is 7.30. The molecule has 0 N–H and O–H groups in total. The molecule has 0 bridgehead atoms. The Morgan fingerprint density at radius 2 is 1.50 bits per heavy atom. The highest BCUT2D eigenvalue weighted by Gasteiger charge is 2.29. The molecule has 0 unspecified atom stereocenters. The van der Waals surface area contributed by atoms with Crippen molar-refractivity contribution in [3.63, 3.8) is 0 Å². The molecule has 0 fully saturated rings. The Balaban J connectivity index is 2.12. The Bertz CT molecular complexity index is 405. The standard InChI is InChI=1S/C15H23F3O3Si/c1-19-22(20-2)21-12-6-4-3-5-7-13-8-10-14(11-9-13)15(16,17)18/h8-11,22H,3-7,12H2,1-2H3. The molecule has 0 saturated carbocycles. The van der Waals surface area contributed by atoms with Crippen LogP contribution < -0.4 is 0 Å². The van der Waals surface area contributed by atoms with Gasteiger partial charge in [-0.05, 0) is 37.0 Å². The minimum Gasteiger partial charge on any atom is -0.379 e. The lowest BCUT2D eigenvalue weighted by Crippen LogP contribution is -2.24. The lowest BCUT2D eigenvalue weighted by atomic mass is 10.0. The number of benzene rings is 1. The molecule has 0 saturated heterocycles. The highest BCUT2D eigenvalue weighted by molar-refractivity contribution is 6.36. The number of halogens is 3. The molecule has 0 spiro atoms. The van der Waals surface area contributed by atoms with E-state index in [1.165, 1.54) is 0 Å². The van der Waals surface area contributed by atoms with Crippen LogP contribution in [-0.4, -0.2) is 30.4 Å². The summed E-state index contributed by atoms with van der Waals surface area (Å²) in [4.78, 5) is 0. The largest absolute Gasteiger partial charge is 0.483 e. The molecule has 0 amide bonds. The third-order valence-corrected chi connectivity index (χ3v) is 4.56. The average molecular weight is 336 g/mol. The van der Waals surface area contributed by atoms with Crippen LogP contribution in [0.2, 0.25) is 0 Å². The number of alkyl halides is 3. The van der Waals surface area contributed by atoms with Crippen molar-refractivity contribution < 1.29 is 26.4 Å². The Labute approximate surface area is 131 Å². The van der Waals surface area contributed by atoms with E-state index in [9.17, 15) is 13.2 Å². The van der Waals surface area contributed by atoms with E-state index >= 15 is 0 Å². The Kier molecular flexibility index (Phi) is 8.70. The minimum atomic E-state index is -4.26. The smallest absolute Gasteiger partial charge is 0.379 e. The zero-order valence-electron chi connectivity index (χ0n) is 13.0. The third-order valence-electron chi connectivity index (χ3n) is 3.28. The van der Waals surface area contributed by atoms with Gasteiger partial charge in [0.15, 0.2) is 0 Å². The first-order chi connectivity index (χ1) is 10.5. The molecule has 0 aliphatic heterocycles. The quantitative estimate of drug-likeness (QED) is 0.480. The zero-order chi connectivity index (χ0) is 16.4. The molecule has 0 radical (unpaired) electrons. The van der Waals surface area contributed by atoms with Gasteiger partial charge in [0.05, 0.1) is 5.56 Å². The molecule has 22 heavy (non-hydrogen) atoms. The Morgan fingerprint density at radius 3 is 2.05 bits per heavy atom. The molecule has 0 aliphatic carbocycles. The Morgan fingerprint density at radius 1 is 0.909 bits per heavy atom. The van der Waals surface area contributed by atoms with Gasteiger partial charge >= 0.3 is 15.7 Å². The maximum Gasteiger partial charge on any atom is 0.483 e. The second kappa shape index (κ2) is 9.99. The molecule has 1 aromatic rings. The molecule has 1 aromatic carbocycles. The maximum atomic E-state index is 12.4. The van der Waals surface area contributed by atoms with E-state index in [-0.39, 0.29) is 0 Å². The van der Waals surface area contributed by atoms with Crippen LogP contribution in [0, 0.1) is 0 Å². The normalized spacial score (nSPS) is 12.1. The van der Waals surface area contributed by atoms with E-state index in [2.05, 4.69) is 0 Å². The topological polar surface area (TPSA) is 27.7 Å². The van der Waals surface area contributed by atoms with Crippen LogP contribution in [0.5, 0.6) is 0 Å². The average Bonchev–Trinajstić information content (AvgIpc) is 2.50. The van der Waals surface area contributed by atoms with E-state index in [0.717, 1.165) is 49.8 Å². The molecular weight excluding hydrogens is 313 g/mol. The van der Waals surface area contributed by atoms with Crippen molar-refractivity contribution >= 4 is 9.53 Å². The van der Waals surface area contributed by atoms with Crippen LogP contribution in [0.15, 0.2) is 24.3 Å². The molecule has 0 aliphatic rings. The van der Waals surface area contributed by atoms with Gasteiger partial charge in [-0.2, -0.15) is 13.2 Å². The number of hydrogen-bond donors (Lipinski definition) is 0. The van der Waals surface area contributed by atoms with Gasteiger partial charge < -0.3 is 13.3 Å². The Hall–Kier alpha value is -0.893. The molecule has 1 rings (SSSR count). The minimum absolute atomic E-state index is 0.594. The lowest BCUT2D eigenvalue weighted by Gasteiger charge is -2.11. The van der Waals surface area contributed by atoms with Crippen molar-refractivity contribution in [1.29, 1.82) is 0 Å². The van der Waals surface area contributed by atoms with Crippen molar-refractivity contribution in [1.82, 2.24) is 0 Å². The van der Waals surface area contributed by atoms with Crippen LogP contribution in [0.4, 0.5) is 13.2 Å². The van der Waals surface area contributed by atoms with Crippen molar-refractivity contribution in [2.24, 2.45) is 0 Å². The van der Waals surface area contributed by atoms with Crippen molar-refractivity contribution in [3.05, 3.63) is 35.4 Å². The molecule has 0 atom stereocenters. The summed E-state index contributed by atoms with van der Waals surface area (Å²) in [7, 11) is 1.24.